The zero-order chi connectivity index (χ0) is 13.1. The topological polar surface area (TPSA) is 24.9 Å². The second-order valence-electron chi connectivity index (χ2n) is 5.33. The van der Waals surface area contributed by atoms with Crippen LogP contribution in [-0.4, -0.2) is 11.0 Å². The highest BCUT2D eigenvalue weighted by molar-refractivity contribution is 6.35. The van der Waals surface area contributed by atoms with Crippen molar-refractivity contribution in [2.75, 3.05) is 5.32 Å². The number of hydrogen-bond donors (Lipinski definition) is 1. The fraction of sp³-hybridized carbons (Fsp3) is 0.438. The van der Waals surface area contributed by atoms with Crippen molar-refractivity contribution >= 4 is 28.2 Å². The Morgan fingerprint density at radius 2 is 1.84 bits per heavy atom. The molecule has 0 bridgehead atoms. The van der Waals surface area contributed by atoms with Gasteiger partial charge in [0.2, 0.25) is 0 Å². The van der Waals surface area contributed by atoms with Crippen LogP contribution in [-0.2, 0) is 0 Å². The summed E-state index contributed by atoms with van der Waals surface area (Å²) in [6, 6.07) is 8.67. The van der Waals surface area contributed by atoms with Crippen LogP contribution in [0.4, 0.5) is 5.69 Å². The number of nitrogens with zero attached hydrogens (tertiary/aromatic N) is 1. The largest absolute Gasteiger partial charge is 0.382 e. The Morgan fingerprint density at radius 3 is 2.63 bits per heavy atom. The molecule has 100 valence electrons. The maximum atomic E-state index is 6.21. The SMILES string of the molecule is Clc1ccc(NC2CCCCCC2)c2cccnc12. The average molecular weight is 275 g/mol. The Kier molecular flexibility index (Phi) is 3.88. The lowest BCUT2D eigenvalue weighted by atomic mass is 10.1. The van der Waals surface area contributed by atoms with Crippen molar-refractivity contribution in [3.63, 3.8) is 0 Å². The number of aromatic nitrogens is 1. The minimum absolute atomic E-state index is 0.590. The highest BCUT2D eigenvalue weighted by atomic mass is 35.5. The van der Waals surface area contributed by atoms with Gasteiger partial charge in [-0.1, -0.05) is 37.3 Å². The fourth-order valence-electron chi connectivity index (χ4n) is 2.91. The van der Waals surface area contributed by atoms with E-state index in [4.69, 9.17) is 11.6 Å². The van der Waals surface area contributed by atoms with Gasteiger partial charge in [-0.05, 0) is 37.1 Å². The molecule has 1 N–H and O–H groups in total. The van der Waals surface area contributed by atoms with Gasteiger partial charge in [0.05, 0.1) is 10.5 Å². The van der Waals surface area contributed by atoms with E-state index in [-0.39, 0.29) is 0 Å². The Balaban J connectivity index is 1.90. The molecule has 1 heterocycles. The van der Waals surface area contributed by atoms with Gasteiger partial charge >= 0.3 is 0 Å². The van der Waals surface area contributed by atoms with Crippen molar-refractivity contribution in [3.8, 4) is 0 Å². The average Bonchev–Trinajstić information content (AvgIpc) is 2.71. The molecule has 3 heteroatoms. The molecule has 3 rings (SSSR count). The molecule has 2 aromatic rings. The number of benzene rings is 1. The minimum atomic E-state index is 0.590. The maximum Gasteiger partial charge on any atom is 0.0908 e. The van der Waals surface area contributed by atoms with Crippen molar-refractivity contribution in [1.82, 2.24) is 4.98 Å². The van der Waals surface area contributed by atoms with Gasteiger partial charge in [0.25, 0.3) is 0 Å². The van der Waals surface area contributed by atoms with E-state index in [9.17, 15) is 0 Å². The first-order valence-corrected chi connectivity index (χ1v) is 7.52. The van der Waals surface area contributed by atoms with Crippen LogP contribution in [0.2, 0.25) is 5.02 Å². The van der Waals surface area contributed by atoms with Crippen molar-refractivity contribution in [2.45, 2.75) is 44.6 Å². The van der Waals surface area contributed by atoms with Gasteiger partial charge in [0.1, 0.15) is 0 Å². The van der Waals surface area contributed by atoms with Crippen LogP contribution < -0.4 is 5.32 Å². The molecule has 0 saturated heterocycles. The number of hydrogen-bond acceptors (Lipinski definition) is 2. The molecule has 19 heavy (non-hydrogen) atoms. The van der Waals surface area contributed by atoms with E-state index in [1.54, 1.807) is 6.20 Å². The minimum Gasteiger partial charge on any atom is -0.382 e. The number of rotatable bonds is 2. The van der Waals surface area contributed by atoms with Crippen molar-refractivity contribution in [1.29, 1.82) is 0 Å². The Bertz CT molecular complexity index is 560. The molecule has 1 aromatic carbocycles. The molecular formula is C16H19ClN2. The second kappa shape index (κ2) is 5.79. The van der Waals surface area contributed by atoms with Gasteiger partial charge in [-0.15, -0.1) is 0 Å². The summed E-state index contributed by atoms with van der Waals surface area (Å²) in [6.07, 6.45) is 9.75. The molecule has 0 radical (unpaired) electrons. The monoisotopic (exact) mass is 274 g/mol. The summed E-state index contributed by atoms with van der Waals surface area (Å²) in [5.41, 5.74) is 2.06. The molecule has 1 aliphatic rings. The van der Waals surface area contributed by atoms with E-state index in [1.165, 1.54) is 44.2 Å². The number of anilines is 1. The summed E-state index contributed by atoms with van der Waals surface area (Å²) in [5, 5.41) is 5.54. The third kappa shape index (κ3) is 2.84. The van der Waals surface area contributed by atoms with Gasteiger partial charge in [-0.25, -0.2) is 0 Å². The molecule has 0 unspecified atom stereocenters. The van der Waals surface area contributed by atoms with Gasteiger partial charge in [-0.2, -0.15) is 0 Å². The number of fused-ring (bicyclic) bond motifs is 1. The molecule has 1 aromatic heterocycles. The lowest BCUT2D eigenvalue weighted by molar-refractivity contribution is 0.620. The Morgan fingerprint density at radius 1 is 1.05 bits per heavy atom. The maximum absolute atomic E-state index is 6.21. The smallest absolute Gasteiger partial charge is 0.0908 e. The quantitative estimate of drug-likeness (QED) is 0.778. The highest BCUT2D eigenvalue weighted by Crippen LogP contribution is 2.30. The van der Waals surface area contributed by atoms with Crippen LogP contribution >= 0.6 is 11.6 Å². The number of nitrogens with one attached hydrogen (secondary N) is 1. The zero-order valence-corrected chi connectivity index (χ0v) is 11.8. The van der Waals surface area contributed by atoms with Crippen LogP contribution in [0.1, 0.15) is 38.5 Å². The molecule has 2 nitrogen and oxygen atoms in total. The summed E-state index contributed by atoms with van der Waals surface area (Å²) < 4.78 is 0. The fourth-order valence-corrected chi connectivity index (χ4v) is 3.12. The van der Waals surface area contributed by atoms with Crippen LogP contribution in [0.5, 0.6) is 0 Å². The first-order valence-electron chi connectivity index (χ1n) is 7.14. The van der Waals surface area contributed by atoms with Crippen molar-refractivity contribution in [3.05, 3.63) is 35.5 Å². The van der Waals surface area contributed by atoms with E-state index in [0.29, 0.717) is 6.04 Å². The predicted molar refractivity (Wildman–Crippen MR) is 81.9 cm³/mol. The molecule has 0 aliphatic heterocycles. The molecule has 1 saturated carbocycles. The van der Waals surface area contributed by atoms with Crippen LogP contribution in [0.15, 0.2) is 30.5 Å². The first-order chi connectivity index (χ1) is 9.34. The lowest BCUT2D eigenvalue weighted by Gasteiger charge is -2.19. The van der Waals surface area contributed by atoms with Crippen LogP contribution in [0, 0.1) is 0 Å². The van der Waals surface area contributed by atoms with E-state index in [0.717, 1.165) is 15.9 Å². The van der Waals surface area contributed by atoms with Crippen molar-refractivity contribution < 1.29 is 0 Å². The predicted octanol–water partition coefficient (Wildman–Crippen LogP) is 5.02. The summed E-state index contributed by atoms with van der Waals surface area (Å²) in [5.74, 6) is 0. The summed E-state index contributed by atoms with van der Waals surface area (Å²) in [4.78, 5) is 4.38. The molecule has 1 aliphatic carbocycles. The van der Waals surface area contributed by atoms with E-state index in [2.05, 4.69) is 22.4 Å². The van der Waals surface area contributed by atoms with Gasteiger partial charge in [0.15, 0.2) is 0 Å². The number of pyridine rings is 1. The van der Waals surface area contributed by atoms with Gasteiger partial charge < -0.3 is 5.32 Å². The molecule has 0 atom stereocenters. The molecule has 0 spiro atoms. The standard InChI is InChI=1S/C16H19ClN2/c17-14-9-10-15(13-8-5-11-18-16(13)14)19-12-6-3-1-2-4-7-12/h5,8-12,19H,1-4,6-7H2. The van der Waals surface area contributed by atoms with E-state index < -0.39 is 0 Å². The first kappa shape index (κ1) is 12.7. The summed E-state index contributed by atoms with van der Waals surface area (Å²) in [6.45, 7) is 0. The zero-order valence-electron chi connectivity index (χ0n) is 11.0. The summed E-state index contributed by atoms with van der Waals surface area (Å²) in [7, 11) is 0. The van der Waals surface area contributed by atoms with Gasteiger partial charge in [0, 0.05) is 23.3 Å². The molecule has 1 fully saturated rings. The highest BCUT2D eigenvalue weighted by Gasteiger charge is 2.13. The third-order valence-electron chi connectivity index (χ3n) is 3.94. The summed E-state index contributed by atoms with van der Waals surface area (Å²) >= 11 is 6.21. The van der Waals surface area contributed by atoms with Gasteiger partial charge in [-0.3, -0.25) is 4.98 Å². The molecular weight excluding hydrogens is 256 g/mol. The third-order valence-corrected chi connectivity index (χ3v) is 4.24. The Hall–Kier alpha value is -1.28. The van der Waals surface area contributed by atoms with E-state index >= 15 is 0 Å². The lowest BCUT2D eigenvalue weighted by Crippen LogP contribution is -2.18. The second-order valence-corrected chi connectivity index (χ2v) is 5.73. The van der Waals surface area contributed by atoms with Crippen LogP contribution in [0.25, 0.3) is 10.9 Å². The van der Waals surface area contributed by atoms with Crippen LogP contribution in [0.3, 0.4) is 0 Å². The van der Waals surface area contributed by atoms with Crippen molar-refractivity contribution in [2.24, 2.45) is 0 Å². The Labute approximate surface area is 119 Å². The normalized spacial score (nSPS) is 17.3. The number of halogens is 1. The van der Waals surface area contributed by atoms with E-state index in [1.807, 2.05) is 12.1 Å². The molecule has 0 amide bonds.